The van der Waals surface area contributed by atoms with E-state index >= 15 is 0 Å². The minimum atomic E-state index is -0.137. The summed E-state index contributed by atoms with van der Waals surface area (Å²) in [6.45, 7) is 6.12. The van der Waals surface area contributed by atoms with Crippen LogP contribution in [0.25, 0.3) is 0 Å². The summed E-state index contributed by atoms with van der Waals surface area (Å²) in [5.41, 5.74) is 1.14. The number of hydrogen-bond donors (Lipinski definition) is 1. The number of pyridine rings is 1. The molecule has 0 aliphatic carbocycles. The van der Waals surface area contributed by atoms with Crippen molar-refractivity contribution in [2.75, 3.05) is 5.32 Å². The van der Waals surface area contributed by atoms with Gasteiger partial charge >= 0.3 is 0 Å². The van der Waals surface area contributed by atoms with Crippen LogP contribution in [0.15, 0.2) is 18.3 Å². The Bertz CT molecular complexity index is 633. The summed E-state index contributed by atoms with van der Waals surface area (Å²) in [4.78, 5) is 20.6. The molecule has 0 radical (unpaired) electrons. The molecule has 0 aliphatic rings. The third kappa shape index (κ3) is 3.87. The maximum atomic E-state index is 12.1. The second-order valence-corrected chi connectivity index (χ2v) is 5.29. The van der Waals surface area contributed by atoms with Crippen LogP contribution in [0.2, 0.25) is 0 Å². The number of nitrogens with zero attached hydrogens (tertiary/aromatic N) is 4. The molecule has 0 unspecified atom stereocenters. The first-order valence-corrected chi connectivity index (χ1v) is 7.14. The van der Waals surface area contributed by atoms with E-state index in [0.29, 0.717) is 11.6 Å². The Kier molecular flexibility index (Phi) is 4.67. The van der Waals surface area contributed by atoms with Gasteiger partial charge in [-0.05, 0) is 24.1 Å². The van der Waals surface area contributed by atoms with E-state index in [1.807, 2.05) is 26.0 Å². The molecule has 0 bridgehead atoms. The van der Waals surface area contributed by atoms with E-state index in [1.165, 1.54) is 0 Å². The zero-order valence-corrected chi connectivity index (χ0v) is 12.9. The SMILES string of the molecule is CCc1ccnc(NC(=O)Cc2nc(C(C)C)nn2C)c1. The Labute approximate surface area is 124 Å². The van der Waals surface area contributed by atoms with Gasteiger partial charge in [-0.15, -0.1) is 0 Å². The number of aryl methyl sites for hydroxylation is 2. The van der Waals surface area contributed by atoms with Crippen molar-refractivity contribution in [1.82, 2.24) is 19.7 Å². The fraction of sp³-hybridized carbons (Fsp3) is 0.467. The molecule has 0 saturated heterocycles. The maximum absolute atomic E-state index is 12.1. The molecule has 1 amide bonds. The van der Waals surface area contributed by atoms with Gasteiger partial charge in [0.15, 0.2) is 5.82 Å². The summed E-state index contributed by atoms with van der Waals surface area (Å²) in [7, 11) is 1.80. The molecule has 0 spiro atoms. The molecule has 0 aliphatic heterocycles. The Morgan fingerprint density at radius 1 is 1.43 bits per heavy atom. The van der Waals surface area contributed by atoms with Gasteiger partial charge < -0.3 is 5.32 Å². The van der Waals surface area contributed by atoms with E-state index in [2.05, 4.69) is 27.3 Å². The van der Waals surface area contributed by atoms with Gasteiger partial charge in [-0.1, -0.05) is 20.8 Å². The highest BCUT2D eigenvalue weighted by atomic mass is 16.1. The summed E-state index contributed by atoms with van der Waals surface area (Å²) in [5, 5.41) is 7.11. The van der Waals surface area contributed by atoms with Crippen molar-refractivity contribution in [3.8, 4) is 0 Å². The van der Waals surface area contributed by atoms with E-state index in [1.54, 1.807) is 17.9 Å². The van der Waals surface area contributed by atoms with Crippen LogP contribution in [0.1, 0.15) is 43.9 Å². The van der Waals surface area contributed by atoms with Crippen LogP contribution in [0, 0.1) is 0 Å². The molecule has 0 aromatic carbocycles. The Morgan fingerprint density at radius 3 is 2.81 bits per heavy atom. The molecule has 2 aromatic rings. The number of carbonyl (C=O) groups excluding carboxylic acids is 1. The molecule has 2 rings (SSSR count). The van der Waals surface area contributed by atoms with E-state index in [0.717, 1.165) is 17.8 Å². The number of nitrogens with one attached hydrogen (secondary N) is 1. The van der Waals surface area contributed by atoms with Gasteiger partial charge in [-0.25, -0.2) is 9.97 Å². The van der Waals surface area contributed by atoms with Crippen molar-refractivity contribution in [2.45, 2.75) is 39.5 Å². The smallest absolute Gasteiger partial charge is 0.233 e. The van der Waals surface area contributed by atoms with Crippen molar-refractivity contribution < 1.29 is 4.79 Å². The molecular formula is C15H21N5O. The molecule has 0 fully saturated rings. The molecule has 21 heavy (non-hydrogen) atoms. The largest absolute Gasteiger partial charge is 0.310 e. The van der Waals surface area contributed by atoms with Crippen molar-refractivity contribution in [3.63, 3.8) is 0 Å². The normalized spacial score (nSPS) is 10.9. The number of aromatic nitrogens is 4. The lowest BCUT2D eigenvalue weighted by atomic mass is 10.2. The Balaban J connectivity index is 2.04. The fourth-order valence-corrected chi connectivity index (χ4v) is 1.93. The van der Waals surface area contributed by atoms with Crippen LogP contribution in [0.5, 0.6) is 0 Å². The number of hydrogen-bond acceptors (Lipinski definition) is 4. The number of carbonyl (C=O) groups is 1. The van der Waals surface area contributed by atoms with Gasteiger partial charge in [0, 0.05) is 19.2 Å². The van der Waals surface area contributed by atoms with E-state index in [9.17, 15) is 4.79 Å². The van der Waals surface area contributed by atoms with Crippen molar-refractivity contribution >= 4 is 11.7 Å². The Morgan fingerprint density at radius 2 is 2.19 bits per heavy atom. The van der Waals surface area contributed by atoms with E-state index in [4.69, 9.17) is 0 Å². The molecule has 2 aromatic heterocycles. The van der Waals surface area contributed by atoms with Gasteiger partial charge in [0.05, 0.1) is 6.42 Å². The van der Waals surface area contributed by atoms with Gasteiger partial charge in [0.1, 0.15) is 11.6 Å². The van der Waals surface area contributed by atoms with Crippen LogP contribution < -0.4 is 5.32 Å². The van der Waals surface area contributed by atoms with Crippen LogP contribution in [-0.4, -0.2) is 25.7 Å². The molecule has 0 saturated carbocycles. The summed E-state index contributed by atoms with van der Waals surface area (Å²) >= 11 is 0. The predicted molar refractivity (Wildman–Crippen MR) is 81.0 cm³/mol. The van der Waals surface area contributed by atoms with Crippen LogP contribution in [0.4, 0.5) is 5.82 Å². The summed E-state index contributed by atoms with van der Waals surface area (Å²) in [6, 6.07) is 3.82. The quantitative estimate of drug-likeness (QED) is 0.913. The standard InChI is InChI=1S/C15H21N5O/c1-5-11-6-7-16-12(8-11)17-14(21)9-13-18-15(10(2)3)19-20(13)4/h6-8,10H,5,9H2,1-4H3,(H,16,17,21). The lowest BCUT2D eigenvalue weighted by Crippen LogP contribution is -2.17. The highest BCUT2D eigenvalue weighted by Gasteiger charge is 2.14. The molecule has 2 heterocycles. The van der Waals surface area contributed by atoms with Crippen molar-refractivity contribution in [3.05, 3.63) is 35.5 Å². The average Bonchev–Trinajstić information content (AvgIpc) is 2.80. The van der Waals surface area contributed by atoms with Gasteiger partial charge in [-0.3, -0.25) is 9.48 Å². The molecule has 6 nitrogen and oxygen atoms in total. The fourth-order valence-electron chi connectivity index (χ4n) is 1.93. The van der Waals surface area contributed by atoms with E-state index < -0.39 is 0 Å². The van der Waals surface area contributed by atoms with E-state index in [-0.39, 0.29) is 18.2 Å². The third-order valence-electron chi connectivity index (χ3n) is 3.20. The summed E-state index contributed by atoms with van der Waals surface area (Å²) in [6.07, 6.45) is 2.80. The molecular weight excluding hydrogens is 266 g/mol. The summed E-state index contributed by atoms with van der Waals surface area (Å²) < 4.78 is 1.66. The number of amides is 1. The van der Waals surface area contributed by atoms with Crippen molar-refractivity contribution in [2.24, 2.45) is 7.05 Å². The lowest BCUT2D eigenvalue weighted by molar-refractivity contribution is -0.115. The minimum Gasteiger partial charge on any atom is -0.310 e. The highest BCUT2D eigenvalue weighted by Crippen LogP contribution is 2.11. The third-order valence-corrected chi connectivity index (χ3v) is 3.20. The van der Waals surface area contributed by atoms with Gasteiger partial charge in [-0.2, -0.15) is 5.10 Å². The number of rotatable bonds is 5. The Hall–Kier alpha value is -2.24. The number of anilines is 1. The lowest BCUT2D eigenvalue weighted by Gasteiger charge is -2.05. The zero-order chi connectivity index (χ0) is 15.4. The average molecular weight is 287 g/mol. The van der Waals surface area contributed by atoms with Crippen LogP contribution in [0.3, 0.4) is 0 Å². The zero-order valence-electron chi connectivity index (χ0n) is 12.9. The second-order valence-electron chi connectivity index (χ2n) is 5.29. The van der Waals surface area contributed by atoms with Gasteiger partial charge in [0.25, 0.3) is 0 Å². The molecule has 6 heteroatoms. The van der Waals surface area contributed by atoms with Crippen molar-refractivity contribution in [1.29, 1.82) is 0 Å². The topological polar surface area (TPSA) is 72.7 Å². The second kappa shape index (κ2) is 6.47. The first-order valence-electron chi connectivity index (χ1n) is 7.14. The maximum Gasteiger partial charge on any atom is 0.233 e. The monoisotopic (exact) mass is 287 g/mol. The van der Waals surface area contributed by atoms with Crippen LogP contribution >= 0.6 is 0 Å². The predicted octanol–water partition coefficient (Wildman–Crippen LogP) is 2.08. The molecule has 112 valence electrons. The van der Waals surface area contributed by atoms with Crippen LogP contribution in [-0.2, 0) is 24.7 Å². The highest BCUT2D eigenvalue weighted by molar-refractivity contribution is 5.90. The molecule has 0 atom stereocenters. The first-order chi connectivity index (χ1) is 9.99. The first kappa shape index (κ1) is 15.2. The summed E-state index contributed by atoms with van der Waals surface area (Å²) in [5.74, 6) is 2.09. The minimum absolute atomic E-state index is 0.137. The van der Waals surface area contributed by atoms with Gasteiger partial charge in [0.2, 0.25) is 5.91 Å². The molecule has 1 N–H and O–H groups in total.